The van der Waals surface area contributed by atoms with Crippen molar-refractivity contribution in [1.29, 1.82) is 0 Å². The van der Waals surface area contributed by atoms with Gasteiger partial charge in [-0.2, -0.15) is 0 Å². The van der Waals surface area contributed by atoms with Gasteiger partial charge in [0.05, 0.1) is 5.56 Å². The summed E-state index contributed by atoms with van der Waals surface area (Å²) < 4.78 is 5.08. The monoisotopic (exact) mass is 204 g/mol. The van der Waals surface area contributed by atoms with E-state index in [2.05, 4.69) is 0 Å². The van der Waals surface area contributed by atoms with Gasteiger partial charge in [-0.05, 0) is 11.6 Å². The third kappa shape index (κ3) is 1.77. The zero-order valence-electron chi connectivity index (χ0n) is 8.53. The molecule has 0 aliphatic carbocycles. The van der Waals surface area contributed by atoms with Gasteiger partial charge in [-0.15, -0.1) is 0 Å². The molecular weight excluding hydrogens is 192 g/mol. The minimum atomic E-state index is -0.586. The van der Waals surface area contributed by atoms with Gasteiger partial charge in [0.1, 0.15) is 0 Å². The minimum Gasteiger partial charge on any atom is -0.450 e. The largest absolute Gasteiger partial charge is 0.450 e. The minimum absolute atomic E-state index is 0.0159. The van der Waals surface area contributed by atoms with Crippen molar-refractivity contribution in [3.8, 4) is 0 Å². The lowest BCUT2D eigenvalue weighted by molar-refractivity contribution is -0.127. The lowest BCUT2D eigenvalue weighted by Gasteiger charge is -2.23. The molecule has 0 amide bonds. The predicted octanol–water partition coefficient (Wildman–Crippen LogP) is 1.75. The molecule has 1 heterocycles. The molecule has 0 saturated carbocycles. The van der Waals surface area contributed by atoms with Gasteiger partial charge in [-0.1, -0.05) is 25.1 Å². The Morgan fingerprint density at radius 1 is 1.47 bits per heavy atom. The summed E-state index contributed by atoms with van der Waals surface area (Å²) in [5.74, 6) is -0.401. The highest BCUT2D eigenvalue weighted by Gasteiger charge is 2.29. The average molecular weight is 204 g/mol. The van der Waals surface area contributed by atoms with Gasteiger partial charge in [-0.25, -0.2) is 4.79 Å². The van der Waals surface area contributed by atoms with Gasteiger partial charge in [0.2, 0.25) is 0 Å². The van der Waals surface area contributed by atoms with E-state index < -0.39 is 6.10 Å². The highest BCUT2D eigenvalue weighted by Crippen LogP contribution is 2.21. The molecule has 0 fully saturated rings. The van der Waals surface area contributed by atoms with Crippen LogP contribution in [0.4, 0.5) is 0 Å². The lowest BCUT2D eigenvalue weighted by atomic mass is 9.96. The van der Waals surface area contributed by atoms with E-state index in [0.29, 0.717) is 18.4 Å². The molecule has 0 aromatic heterocycles. The Morgan fingerprint density at radius 2 is 2.20 bits per heavy atom. The van der Waals surface area contributed by atoms with E-state index in [1.165, 1.54) is 0 Å². The van der Waals surface area contributed by atoms with E-state index >= 15 is 0 Å². The second-order valence-corrected chi connectivity index (χ2v) is 3.58. The van der Waals surface area contributed by atoms with Gasteiger partial charge >= 0.3 is 5.97 Å². The normalized spacial score (nSPS) is 19.3. The molecule has 15 heavy (non-hydrogen) atoms. The van der Waals surface area contributed by atoms with E-state index in [-0.39, 0.29) is 11.8 Å². The summed E-state index contributed by atoms with van der Waals surface area (Å²) in [7, 11) is 0. The summed E-state index contributed by atoms with van der Waals surface area (Å²) >= 11 is 0. The number of ketones is 1. The highest BCUT2D eigenvalue weighted by molar-refractivity contribution is 5.96. The topological polar surface area (TPSA) is 43.4 Å². The number of fused-ring (bicyclic) bond motifs is 1. The molecule has 2 rings (SSSR count). The second-order valence-electron chi connectivity index (χ2n) is 3.58. The third-order valence-electron chi connectivity index (χ3n) is 2.60. The van der Waals surface area contributed by atoms with Crippen LogP contribution in [-0.4, -0.2) is 17.9 Å². The summed E-state index contributed by atoms with van der Waals surface area (Å²) in [5, 5.41) is 0. The molecule has 1 aromatic rings. The fourth-order valence-electron chi connectivity index (χ4n) is 1.74. The summed E-state index contributed by atoms with van der Waals surface area (Å²) in [5.41, 5.74) is 1.48. The van der Waals surface area contributed by atoms with Gasteiger partial charge in [0.25, 0.3) is 0 Å². The van der Waals surface area contributed by atoms with Crippen molar-refractivity contribution in [2.24, 2.45) is 0 Å². The summed E-state index contributed by atoms with van der Waals surface area (Å²) in [6, 6.07) is 7.25. The van der Waals surface area contributed by atoms with Crippen LogP contribution in [-0.2, 0) is 16.0 Å². The van der Waals surface area contributed by atoms with E-state index in [4.69, 9.17) is 4.74 Å². The first-order valence-corrected chi connectivity index (χ1v) is 5.04. The molecule has 1 aliphatic rings. The first kappa shape index (κ1) is 9.90. The van der Waals surface area contributed by atoms with Crippen molar-refractivity contribution in [2.75, 3.05) is 0 Å². The number of carbonyl (C=O) groups is 2. The number of cyclic esters (lactones) is 1. The Labute approximate surface area is 88.1 Å². The zero-order chi connectivity index (χ0) is 10.8. The van der Waals surface area contributed by atoms with Crippen molar-refractivity contribution in [1.82, 2.24) is 0 Å². The van der Waals surface area contributed by atoms with E-state index in [0.717, 1.165) is 5.56 Å². The molecule has 1 atom stereocenters. The smallest absolute Gasteiger partial charge is 0.339 e. The van der Waals surface area contributed by atoms with Gasteiger partial charge < -0.3 is 4.74 Å². The van der Waals surface area contributed by atoms with Crippen molar-refractivity contribution >= 4 is 11.8 Å². The Kier molecular flexibility index (Phi) is 2.54. The number of carbonyl (C=O) groups excluding carboxylic acids is 2. The van der Waals surface area contributed by atoms with Gasteiger partial charge in [0.15, 0.2) is 11.9 Å². The molecule has 0 saturated heterocycles. The van der Waals surface area contributed by atoms with Gasteiger partial charge in [0, 0.05) is 12.8 Å². The van der Waals surface area contributed by atoms with E-state index in [9.17, 15) is 9.59 Å². The Hall–Kier alpha value is -1.64. The molecule has 0 radical (unpaired) electrons. The number of hydrogen-bond acceptors (Lipinski definition) is 3. The van der Waals surface area contributed by atoms with Crippen molar-refractivity contribution in [3.63, 3.8) is 0 Å². The molecule has 1 aliphatic heterocycles. The molecule has 0 bridgehead atoms. The maximum atomic E-state index is 11.5. The summed E-state index contributed by atoms with van der Waals surface area (Å²) in [6.45, 7) is 1.77. The quantitative estimate of drug-likeness (QED) is 0.689. The van der Waals surface area contributed by atoms with Crippen LogP contribution in [0.2, 0.25) is 0 Å². The molecule has 0 spiro atoms. The molecule has 3 nitrogen and oxygen atoms in total. The summed E-state index contributed by atoms with van der Waals surface area (Å²) in [4.78, 5) is 23.0. The number of hydrogen-bond donors (Lipinski definition) is 0. The second kappa shape index (κ2) is 3.85. The van der Waals surface area contributed by atoms with Crippen LogP contribution in [0.15, 0.2) is 24.3 Å². The van der Waals surface area contributed by atoms with Crippen LogP contribution < -0.4 is 0 Å². The fourth-order valence-corrected chi connectivity index (χ4v) is 1.74. The molecule has 3 heteroatoms. The Bertz CT molecular complexity index is 409. The first-order chi connectivity index (χ1) is 7.22. The van der Waals surface area contributed by atoms with Crippen LogP contribution in [0, 0.1) is 0 Å². The lowest BCUT2D eigenvalue weighted by Crippen LogP contribution is -2.33. The van der Waals surface area contributed by atoms with Crippen LogP contribution in [0.5, 0.6) is 0 Å². The number of benzene rings is 1. The van der Waals surface area contributed by atoms with Crippen molar-refractivity contribution in [2.45, 2.75) is 25.9 Å². The van der Waals surface area contributed by atoms with Crippen LogP contribution in [0.25, 0.3) is 0 Å². The standard InChI is InChI=1S/C12H12O3/c1-2-10(13)11-7-8-5-3-4-6-9(8)12(14)15-11/h3-6,11H,2,7H2,1H3. The SMILES string of the molecule is CCC(=O)C1Cc2ccccc2C(=O)O1. The Balaban J connectivity index is 2.30. The van der Waals surface area contributed by atoms with E-state index in [1.807, 2.05) is 12.1 Å². The first-order valence-electron chi connectivity index (χ1n) is 5.04. The van der Waals surface area contributed by atoms with Crippen molar-refractivity contribution in [3.05, 3.63) is 35.4 Å². The van der Waals surface area contributed by atoms with Crippen LogP contribution in [0.3, 0.4) is 0 Å². The van der Waals surface area contributed by atoms with Crippen molar-refractivity contribution < 1.29 is 14.3 Å². The van der Waals surface area contributed by atoms with Crippen LogP contribution in [0.1, 0.15) is 29.3 Å². The number of rotatable bonds is 2. The number of ether oxygens (including phenoxy) is 1. The maximum absolute atomic E-state index is 11.5. The summed E-state index contributed by atoms with van der Waals surface area (Å²) in [6.07, 6.45) is 0.326. The van der Waals surface area contributed by atoms with Gasteiger partial charge in [-0.3, -0.25) is 4.79 Å². The average Bonchev–Trinajstić information content (AvgIpc) is 2.28. The predicted molar refractivity (Wildman–Crippen MR) is 54.6 cm³/mol. The zero-order valence-corrected chi connectivity index (χ0v) is 8.53. The maximum Gasteiger partial charge on any atom is 0.339 e. The fraction of sp³-hybridized carbons (Fsp3) is 0.333. The number of esters is 1. The molecule has 1 aromatic carbocycles. The number of Topliss-reactive ketones (excluding diaryl/α,β-unsaturated/α-hetero) is 1. The van der Waals surface area contributed by atoms with Crippen LogP contribution >= 0.6 is 0 Å². The Morgan fingerprint density at radius 3 is 2.93 bits per heavy atom. The third-order valence-corrected chi connectivity index (χ3v) is 2.60. The molecule has 78 valence electrons. The molecule has 1 unspecified atom stereocenters. The highest BCUT2D eigenvalue weighted by atomic mass is 16.5. The molecular formula is C12H12O3. The molecule has 0 N–H and O–H groups in total. The van der Waals surface area contributed by atoms with E-state index in [1.54, 1.807) is 19.1 Å².